The van der Waals surface area contributed by atoms with Crippen LogP contribution >= 0.6 is 0 Å². The molecule has 1 amide bonds. The average molecular weight is 676 g/mol. The maximum Gasteiger partial charge on any atom is 0.364 e. The molecule has 0 saturated carbocycles. The topological polar surface area (TPSA) is 341 Å². The number of ether oxygens (including phenoxy) is 6. The number of carbonyl (C=O) groups is 3. The van der Waals surface area contributed by atoms with Crippen molar-refractivity contribution in [2.75, 3.05) is 19.8 Å². The second kappa shape index (κ2) is 15.8. The number of rotatable bonds is 12. The average Bonchev–Trinajstić information content (AvgIpc) is 3.00. The Morgan fingerprint density at radius 3 is 2.04 bits per heavy atom. The van der Waals surface area contributed by atoms with Crippen molar-refractivity contribution in [3.8, 4) is 0 Å². The van der Waals surface area contributed by atoms with E-state index in [1.807, 2.05) is 0 Å². The minimum atomic E-state index is -3.06. The Hall–Kier alpha value is -2.19. The van der Waals surface area contributed by atoms with E-state index < -0.39 is 142 Å². The Kier molecular flexibility index (Phi) is 13.1. The van der Waals surface area contributed by atoms with Crippen molar-refractivity contribution in [2.24, 2.45) is 0 Å². The van der Waals surface area contributed by atoms with E-state index in [0.717, 1.165) is 13.8 Å². The molecule has 3 fully saturated rings. The first-order valence-corrected chi connectivity index (χ1v) is 14.1. The molecule has 0 aromatic rings. The van der Waals surface area contributed by atoms with Gasteiger partial charge in [0.15, 0.2) is 12.6 Å². The van der Waals surface area contributed by atoms with E-state index in [9.17, 15) is 70.6 Å². The van der Waals surface area contributed by atoms with Crippen molar-refractivity contribution in [3.05, 3.63) is 0 Å². The summed E-state index contributed by atoms with van der Waals surface area (Å²) in [5, 5.41) is 115. The Balaban J connectivity index is 2.02. The molecule has 0 aromatic heterocycles. The number of hydrogen-bond acceptors (Lipinski definition) is 19. The zero-order valence-electron chi connectivity index (χ0n) is 24.6. The van der Waals surface area contributed by atoms with Gasteiger partial charge in [0.1, 0.15) is 73.2 Å². The Morgan fingerprint density at radius 2 is 1.52 bits per heavy atom. The molecule has 3 aliphatic heterocycles. The Bertz CT molecular complexity index is 1050. The fourth-order valence-corrected chi connectivity index (χ4v) is 5.47. The van der Waals surface area contributed by atoms with Crippen molar-refractivity contribution in [2.45, 2.75) is 118 Å². The molecule has 3 heterocycles. The van der Waals surface area contributed by atoms with Crippen LogP contribution in [0.15, 0.2) is 0 Å². The van der Waals surface area contributed by atoms with Crippen molar-refractivity contribution >= 4 is 17.8 Å². The third-order valence-electron chi connectivity index (χ3n) is 7.76. The van der Waals surface area contributed by atoms with Crippen LogP contribution in [0.5, 0.6) is 0 Å². The predicted molar refractivity (Wildman–Crippen MR) is 140 cm³/mol. The molecular formula is C25H41NO20. The normalized spacial score (nSPS) is 42.9. The molecule has 0 bridgehead atoms. The second-order valence-electron chi connectivity index (χ2n) is 11.1. The van der Waals surface area contributed by atoms with Crippen LogP contribution in [0.2, 0.25) is 0 Å². The Labute approximate surface area is 260 Å². The molecule has 266 valence electrons. The first-order valence-electron chi connectivity index (χ1n) is 14.1. The summed E-state index contributed by atoms with van der Waals surface area (Å²) in [5.74, 6) is -6.80. The number of amides is 1. The lowest BCUT2D eigenvalue weighted by Crippen LogP contribution is -2.71. The van der Waals surface area contributed by atoms with Crippen LogP contribution in [0, 0.1) is 0 Å². The van der Waals surface area contributed by atoms with Crippen molar-refractivity contribution in [1.82, 2.24) is 5.32 Å². The molecule has 3 aliphatic rings. The molecule has 3 saturated heterocycles. The third-order valence-corrected chi connectivity index (χ3v) is 7.76. The van der Waals surface area contributed by atoms with Gasteiger partial charge in [0.2, 0.25) is 5.91 Å². The molecule has 21 heteroatoms. The van der Waals surface area contributed by atoms with Gasteiger partial charge in [0.05, 0.1) is 32.3 Å². The highest BCUT2D eigenvalue weighted by atomic mass is 16.8. The first kappa shape index (κ1) is 38.3. The highest BCUT2D eigenvalue weighted by molar-refractivity contribution is 5.77. The van der Waals surface area contributed by atoms with E-state index in [1.165, 1.54) is 0 Å². The molecule has 0 unspecified atom stereocenters. The van der Waals surface area contributed by atoms with E-state index >= 15 is 0 Å². The maximum atomic E-state index is 12.8. The standard InChI is InChI=1S/C25H41NO20/c1-7(30)26-13-10(41-8(2)31)3-25(24(39)40,45-20(13)14(33)9(32)4-27)46-21-15(34)11(5-28)43-23(18(21)37)44-19-12(6-29)42-22(38)17(36)16(19)35/h9-23,27-29,32-38H,3-6H2,1-2H3,(H,26,30)(H,39,40)/t9-,10-,11+,12+,13+,14-,15-,16+,17+,18+,19+,20+,21-,22+,23-,25-/m0/s1. The summed E-state index contributed by atoms with van der Waals surface area (Å²) >= 11 is 0. The number of carboxylic acid groups (broad SMARTS) is 1. The highest BCUT2D eigenvalue weighted by Crippen LogP contribution is 2.39. The summed E-state index contributed by atoms with van der Waals surface area (Å²) in [5.41, 5.74) is 0. The lowest BCUT2D eigenvalue weighted by molar-refractivity contribution is -0.385. The van der Waals surface area contributed by atoms with Crippen LogP contribution in [0.25, 0.3) is 0 Å². The number of hydrogen-bond donors (Lipinski definition) is 12. The van der Waals surface area contributed by atoms with Gasteiger partial charge in [-0.2, -0.15) is 0 Å². The van der Waals surface area contributed by atoms with E-state index in [0.29, 0.717) is 0 Å². The van der Waals surface area contributed by atoms with Gasteiger partial charge in [-0.1, -0.05) is 0 Å². The molecule has 0 aliphatic carbocycles. The fraction of sp³-hybridized carbons (Fsp3) is 0.880. The van der Waals surface area contributed by atoms with Gasteiger partial charge in [-0.25, -0.2) is 4.79 Å². The van der Waals surface area contributed by atoms with E-state index in [4.69, 9.17) is 28.4 Å². The van der Waals surface area contributed by atoms with Crippen LogP contribution in [-0.4, -0.2) is 191 Å². The van der Waals surface area contributed by atoms with Crippen molar-refractivity contribution in [3.63, 3.8) is 0 Å². The van der Waals surface area contributed by atoms with Crippen molar-refractivity contribution in [1.29, 1.82) is 0 Å². The predicted octanol–water partition coefficient (Wildman–Crippen LogP) is -7.65. The van der Waals surface area contributed by atoms with Crippen LogP contribution < -0.4 is 5.32 Å². The summed E-state index contributed by atoms with van der Waals surface area (Å²) in [6.45, 7) is -0.971. The smallest absolute Gasteiger partial charge is 0.364 e. The number of carbonyl (C=O) groups excluding carboxylic acids is 2. The van der Waals surface area contributed by atoms with Gasteiger partial charge in [0.25, 0.3) is 5.79 Å². The third kappa shape index (κ3) is 8.08. The van der Waals surface area contributed by atoms with Crippen LogP contribution in [0.4, 0.5) is 0 Å². The number of esters is 1. The molecule has 46 heavy (non-hydrogen) atoms. The summed E-state index contributed by atoms with van der Waals surface area (Å²) in [4.78, 5) is 36.8. The SMILES string of the molecule is CC(=O)N[C@H]1[C@H]([C@@H](O)[C@@H](O)CO)O[C@@](O[C@H]2[C@@H](O)[C@@H](CO)O[C@@H](O[C@H]3[C@H](O)[C@@H](O)[C@H](O)O[C@@H]3CO)[C@@H]2O)(C(=O)O)C[C@@H]1OC(C)=O. The molecule has 21 nitrogen and oxygen atoms in total. The lowest BCUT2D eigenvalue weighted by atomic mass is 9.87. The highest BCUT2D eigenvalue weighted by Gasteiger charge is 2.61. The van der Waals surface area contributed by atoms with Gasteiger partial charge >= 0.3 is 11.9 Å². The van der Waals surface area contributed by atoms with Gasteiger partial charge in [-0.3, -0.25) is 9.59 Å². The maximum absolute atomic E-state index is 12.8. The lowest BCUT2D eigenvalue weighted by Gasteiger charge is -2.51. The number of aliphatic hydroxyl groups is 10. The fourth-order valence-electron chi connectivity index (χ4n) is 5.47. The second-order valence-corrected chi connectivity index (χ2v) is 11.1. The number of nitrogens with one attached hydrogen (secondary N) is 1. The van der Waals surface area contributed by atoms with Crippen LogP contribution in [-0.2, 0) is 42.8 Å². The van der Waals surface area contributed by atoms with Crippen molar-refractivity contribution < 1.29 is 99.0 Å². The monoisotopic (exact) mass is 675 g/mol. The minimum absolute atomic E-state index is 0.765. The van der Waals surface area contributed by atoms with E-state index in [1.54, 1.807) is 0 Å². The van der Waals surface area contributed by atoms with Crippen LogP contribution in [0.3, 0.4) is 0 Å². The quantitative estimate of drug-likeness (QED) is 0.0854. The molecule has 16 atom stereocenters. The van der Waals surface area contributed by atoms with E-state index in [-0.39, 0.29) is 0 Å². The van der Waals surface area contributed by atoms with Gasteiger partial charge in [-0.05, 0) is 0 Å². The van der Waals surface area contributed by atoms with Gasteiger partial charge in [-0.15, -0.1) is 0 Å². The van der Waals surface area contributed by atoms with E-state index in [2.05, 4.69) is 5.32 Å². The summed E-state index contributed by atoms with van der Waals surface area (Å²) in [7, 11) is 0. The molecule has 0 radical (unpaired) electrons. The largest absolute Gasteiger partial charge is 0.477 e. The molecule has 12 N–H and O–H groups in total. The molecule has 0 aromatic carbocycles. The number of carboxylic acids is 1. The molecule has 0 spiro atoms. The summed E-state index contributed by atoms with van der Waals surface area (Å²) in [6.07, 6.45) is -28.0. The van der Waals surface area contributed by atoms with Gasteiger partial charge in [0, 0.05) is 13.8 Å². The number of aliphatic hydroxyl groups excluding tert-OH is 10. The first-order chi connectivity index (χ1) is 21.5. The molecule has 3 rings (SSSR count). The summed E-state index contributed by atoms with van der Waals surface area (Å²) < 4.78 is 32.4. The number of aliphatic carboxylic acids is 1. The van der Waals surface area contributed by atoms with Gasteiger partial charge < -0.3 is 89.9 Å². The Morgan fingerprint density at radius 1 is 0.891 bits per heavy atom. The minimum Gasteiger partial charge on any atom is -0.477 e. The van der Waals surface area contributed by atoms with Crippen LogP contribution in [0.1, 0.15) is 20.3 Å². The zero-order chi connectivity index (χ0) is 34.7. The zero-order valence-corrected chi connectivity index (χ0v) is 24.6. The summed E-state index contributed by atoms with van der Waals surface area (Å²) in [6, 6.07) is -1.54. The molecular weight excluding hydrogens is 634 g/mol.